The first-order valence-corrected chi connectivity index (χ1v) is 7.99. The van der Waals surface area contributed by atoms with Crippen LogP contribution in [0.15, 0.2) is 18.2 Å². The summed E-state index contributed by atoms with van der Waals surface area (Å²) in [4.78, 5) is 15.9. The second-order valence-electron chi connectivity index (χ2n) is 5.83. The Balaban J connectivity index is 2.00. The summed E-state index contributed by atoms with van der Waals surface area (Å²) in [5.74, 6) is 0.201. The minimum Gasteiger partial charge on any atom is -0.361 e. The molecule has 2 N–H and O–H groups in total. The maximum Gasteiger partial charge on any atom is 0.227 e. The summed E-state index contributed by atoms with van der Waals surface area (Å²) < 4.78 is 0. The monoisotopic (exact) mass is 320 g/mol. The van der Waals surface area contributed by atoms with Gasteiger partial charge in [-0.25, -0.2) is 0 Å². The van der Waals surface area contributed by atoms with Gasteiger partial charge in [0.25, 0.3) is 0 Å². The topological polar surface area (TPSA) is 47.6 Å². The van der Waals surface area contributed by atoms with Gasteiger partial charge in [0.2, 0.25) is 5.91 Å². The van der Waals surface area contributed by atoms with Gasteiger partial charge in [0.15, 0.2) is 5.11 Å². The number of anilines is 2. The number of benzene rings is 1. The van der Waals surface area contributed by atoms with E-state index < -0.39 is 0 Å². The molecule has 0 aliphatic carbocycles. The van der Waals surface area contributed by atoms with E-state index in [1.807, 2.05) is 44.1 Å². The fourth-order valence-corrected chi connectivity index (χ4v) is 2.67. The second-order valence-corrected chi connectivity index (χ2v) is 6.24. The number of hydrogen-bond donors (Lipinski definition) is 2. The van der Waals surface area contributed by atoms with Crippen LogP contribution in [0.1, 0.15) is 18.4 Å². The molecule has 0 radical (unpaired) electrons. The van der Waals surface area contributed by atoms with E-state index in [9.17, 15) is 4.79 Å². The Bertz CT molecular complexity index is 559. The van der Waals surface area contributed by atoms with E-state index in [0.717, 1.165) is 43.0 Å². The highest BCUT2D eigenvalue weighted by Gasteiger charge is 2.23. The minimum absolute atomic E-state index is 0.201. The fraction of sp³-hybridized carbons (Fsp3) is 0.500. The van der Waals surface area contributed by atoms with Crippen molar-refractivity contribution >= 4 is 34.6 Å². The molecule has 0 bridgehead atoms. The number of rotatable bonds is 5. The van der Waals surface area contributed by atoms with Crippen LogP contribution in [-0.4, -0.2) is 49.6 Å². The third kappa shape index (κ3) is 4.42. The lowest BCUT2D eigenvalue weighted by Gasteiger charge is -2.20. The van der Waals surface area contributed by atoms with Crippen molar-refractivity contribution in [3.8, 4) is 0 Å². The van der Waals surface area contributed by atoms with E-state index in [-0.39, 0.29) is 5.91 Å². The van der Waals surface area contributed by atoms with E-state index in [0.29, 0.717) is 11.5 Å². The molecule has 1 saturated heterocycles. The van der Waals surface area contributed by atoms with Gasteiger partial charge >= 0.3 is 0 Å². The predicted octanol–water partition coefficient (Wildman–Crippen LogP) is 1.97. The Kier molecular flexibility index (Phi) is 5.74. The lowest BCUT2D eigenvalue weighted by Crippen LogP contribution is -2.34. The van der Waals surface area contributed by atoms with E-state index in [1.165, 1.54) is 0 Å². The maximum absolute atomic E-state index is 11.9. The predicted molar refractivity (Wildman–Crippen MR) is 95.5 cm³/mol. The number of amides is 1. The molecule has 1 fully saturated rings. The molecule has 120 valence electrons. The lowest BCUT2D eigenvalue weighted by molar-refractivity contribution is -0.117. The average molecular weight is 320 g/mol. The zero-order valence-corrected chi connectivity index (χ0v) is 14.3. The standard InChI is InChI=1S/C16H24N4OS/c1-12-6-7-13(18-16(22)17-8-10-19(2)3)11-14(12)20-9-4-5-15(20)21/h6-7,11H,4-5,8-10H2,1-3H3,(H2,17,18,22). The van der Waals surface area contributed by atoms with Crippen LogP contribution in [0.3, 0.4) is 0 Å². The first-order valence-electron chi connectivity index (χ1n) is 7.58. The van der Waals surface area contributed by atoms with Crippen molar-refractivity contribution < 1.29 is 4.79 Å². The van der Waals surface area contributed by atoms with Gasteiger partial charge in [-0.15, -0.1) is 0 Å². The van der Waals surface area contributed by atoms with Crippen molar-refractivity contribution in [2.24, 2.45) is 0 Å². The molecule has 1 heterocycles. The minimum atomic E-state index is 0.201. The summed E-state index contributed by atoms with van der Waals surface area (Å²) in [6.45, 7) is 4.54. The Morgan fingerprint density at radius 2 is 2.18 bits per heavy atom. The Hall–Kier alpha value is -1.66. The molecule has 5 nitrogen and oxygen atoms in total. The van der Waals surface area contributed by atoms with E-state index in [1.54, 1.807) is 0 Å². The molecule has 0 saturated carbocycles. The van der Waals surface area contributed by atoms with Gasteiger partial charge in [0, 0.05) is 37.4 Å². The molecule has 0 atom stereocenters. The van der Waals surface area contributed by atoms with Crippen molar-refractivity contribution in [2.45, 2.75) is 19.8 Å². The number of nitrogens with zero attached hydrogens (tertiary/aromatic N) is 2. The van der Waals surface area contributed by atoms with Crippen molar-refractivity contribution in [2.75, 3.05) is 43.9 Å². The fourth-order valence-electron chi connectivity index (χ4n) is 2.45. The number of thiocarbonyl (C=S) groups is 1. The zero-order chi connectivity index (χ0) is 16.1. The zero-order valence-electron chi connectivity index (χ0n) is 13.5. The molecular formula is C16H24N4OS. The van der Waals surface area contributed by atoms with E-state index >= 15 is 0 Å². The normalized spacial score (nSPS) is 14.5. The summed E-state index contributed by atoms with van der Waals surface area (Å²) in [7, 11) is 4.05. The molecule has 1 aliphatic rings. The molecule has 1 aliphatic heterocycles. The highest BCUT2D eigenvalue weighted by Crippen LogP contribution is 2.28. The molecule has 2 rings (SSSR count). The van der Waals surface area contributed by atoms with Crippen molar-refractivity contribution in [3.05, 3.63) is 23.8 Å². The maximum atomic E-state index is 11.9. The van der Waals surface area contributed by atoms with Gasteiger partial charge in [-0.2, -0.15) is 0 Å². The summed E-state index contributed by atoms with van der Waals surface area (Å²) in [5, 5.41) is 6.96. The Morgan fingerprint density at radius 3 is 2.82 bits per heavy atom. The van der Waals surface area contributed by atoms with E-state index in [2.05, 4.69) is 15.5 Å². The van der Waals surface area contributed by atoms with Crippen LogP contribution in [0.25, 0.3) is 0 Å². The average Bonchev–Trinajstić information content (AvgIpc) is 2.86. The second kappa shape index (κ2) is 7.56. The molecule has 0 unspecified atom stereocenters. The van der Waals surface area contributed by atoms with Crippen LogP contribution in [0.2, 0.25) is 0 Å². The number of nitrogens with one attached hydrogen (secondary N) is 2. The quantitative estimate of drug-likeness (QED) is 0.812. The summed E-state index contributed by atoms with van der Waals surface area (Å²) in [6, 6.07) is 6.00. The molecular weight excluding hydrogens is 296 g/mol. The van der Waals surface area contributed by atoms with Crippen LogP contribution in [0.5, 0.6) is 0 Å². The van der Waals surface area contributed by atoms with Gasteiger partial charge in [-0.1, -0.05) is 6.07 Å². The van der Waals surface area contributed by atoms with Crippen molar-refractivity contribution in [1.82, 2.24) is 10.2 Å². The molecule has 1 aromatic carbocycles. The first-order chi connectivity index (χ1) is 10.5. The molecule has 1 amide bonds. The highest BCUT2D eigenvalue weighted by atomic mass is 32.1. The molecule has 1 aromatic rings. The lowest BCUT2D eigenvalue weighted by atomic mass is 10.1. The van der Waals surface area contributed by atoms with Crippen LogP contribution in [0.4, 0.5) is 11.4 Å². The largest absolute Gasteiger partial charge is 0.361 e. The highest BCUT2D eigenvalue weighted by molar-refractivity contribution is 7.80. The van der Waals surface area contributed by atoms with Gasteiger partial charge < -0.3 is 20.4 Å². The SMILES string of the molecule is Cc1ccc(NC(=S)NCCN(C)C)cc1N1CCCC1=O. The third-order valence-corrected chi connectivity index (χ3v) is 3.92. The van der Waals surface area contributed by atoms with Gasteiger partial charge in [0.05, 0.1) is 0 Å². The van der Waals surface area contributed by atoms with Crippen molar-refractivity contribution in [1.29, 1.82) is 0 Å². The van der Waals surface area contributed by atoms with Gasteiger partial charge in [-0.05, 0) is 57.4 Å². The third-order valence-electron chi connectivity index (χ3n) is 3.68. The van der Waals surface area contributed by atoms with Crippen LogP contribution in [-0.2, 0) is 4.79 Å². The summed E-state index contributed by atoms with van der Waals surface area (Å²) in [6.07, 6.45) is 1.57. The molecule has 0 aromatic heterocycles. The summed E-state index contributed by atoms with van der Waals surface area (Å²) >= 11 is 5.30. The first kappa shape index (κ1) is 16.7. The van der Waals surface area contributed by atoms with Crippen LogP contribution < -0.4 is 15.5 Å². The number of carbonyl (C=O) groups excluding carboxylic acids is 1. The Labute approximate surface area is 137 Å². The Morgan fingerprint density at radius 1 is 1.41 bits per heavy atom. The number of likely N-dealkylation sites (N-methyl/N-ethyl adjacent to an activating group) is 1. The van der Waals surface area contributed by atoms with Crippen LogP contribution in [0, 0.1) is 6.92 Å². The van der Waals surface area contributed by atoms with Crippen LogP contribution >= 0.6 is 12.2 Å². The van der Waals surface area contributed by atoms with Crippen molar-refractivity contribution in [3.63, 3.8) is 0 Å². The smallest absolute Gasteiger partial charge is 0.227 e. The molecule has 0 spiro atoms. The summed E-state index contributed by atoms with van der Waals surface area (Å²) in [5.41, 5.74) is 2.98. The number of carbonyl (C=O) groups is 1. The molecule has 6 heteroatoms. The molecule has 22 heavy (non-hydrogen) atoms. The number of hydrogen-bond acceptors (Lipinski definition) is 3. The van der Waals surface area contributed by atoms with Gasteiger partial charge in [-0.3, -0.25) is 4.79 Å². The van der Waals surface area contributed by atoms with E-state index in [4.69, 9.17) is 12.2 Å². The van der Waals surface area contributed by atoms with Gasteiger partial charge in [0.1, 0.15) is 0 Å². The number of aryl methyl sites for hydroxylation is 1.